The topological polar surface area (TPSA) is 59.1 Å². The van der Waals surface area contributed by atoms with Gasteiger partial charge in [-0.2, -0.15) is 0 Å². The molecular weight excluding hydrogens is 316 g/mol. The maximum atomic E-state index is 7.52. The number of hydrogen-bond acceptors (Lipinski definition) is 2. The van der Waals surface area contributed by atoms with Crippen molar-refractivity contribution in [2.24, 2.45) is 5.73 Å². The zero-order chi connectivity index (χ0) is 13.1. The Hall–Kier alpha value is -1.52. The van der Waals surface area contributed by atoms with Gasteiger partial charge in [0.2, 0.25) is 0 Å². The number of rotatable bonds is 3. The lowest BCUT2D eigenvalue weighted by Gasteiger charge is -2.11. The van der Waals surface area contributed by atoms with Crippen LogP contribution < -0.4 is 10.5 Å². The lowest BCUT2D eigenvalue weighted by Crippen LogP contribution is -2.13. The first-order chi connectivity index (χ1) is 8.58. The number of nitrogen functional groups attached to an aromatic ring is 1. The Kier molecular flexibility index (Phi) is 3.89. The molecule has 2 rings (SSSR count). The summed E-state index contributed by atoms with van der Waals surface area (Å²) in [5.41, 5.74) is 5.91. The Bertz CT molecular complexity index is 584. The van der Waals surface area contributed by atoms with E-state index in [1.54, 1.807) is 18.2 Å². The van der Waals surface area contributed by atoms with Crippen molar-refractivity contribution in [2.45, 2.75) is 0 Å². The smallest absolute Gasteiger partial charge is 0.139 e. The minimum absolute atomic E-state index is 0.118. The van der Waals surface area contributed by atoms with E-state index in [4.69, 9.17) is 27.5 Å². The molecule has 18 heavy (non-hydrogen) atoms. The molecule has 0 aliphatic rings. The Morgan fingerprint density at radius 1 is 1.17 bits per heavy atom. The maximum Gasteiger partial charge on any atom is 0.139 e. The Balaban J connectivity index is 2.37. The van der Waals surface area contributed by atoms with Gasteiger partial charge in [0.1, 0.15) is 17.3 Å². The van der Waals surface area contributed by atoms with Gasteiger partial charge in [-0.1, -0.05) is 33.6 Å². The Morgan fingerprint density at radius 3 is 2.44 bits per heavy atom. The molecule has 3 nitrogen and oxygen atoms in total. The molecule has 0 saturated heterocycles. The summed E-state index contributed by atoms with van der Waals surface area (Å²) >= 11 is 9.36. The molecule has 0 atom stereocenters. The molecule has 2 aromatic carbocycles. The van der Waals surface area contributed by atoms with Crippen LogP contribution in [0.4, 0.5) is 0 Å². The Labute approximate surface area is 118 Å². The molecular formula is C13H10BrClN2O. The minimum atomic E-state index is -0.118. The number of hydrogen-bond donors (Lipinski definition) is 2. The highest BCUT2D eigenvalue weighted by Crippen LogP contribution is 2.30. The van der Waals surface area contributed by atoms with Crippen molar-refractivity contribution in [2.75, 3.05) is 0 Å². The van der Waals surface area contributed by atoms with Crippen molar-refractivity contribution >= 4 is 33.4 Å². The van der Waals surface area contributed by atoms with Crippen LogP contribution >= 0.6 is 27.5 Å². The molecule has 0 aromatic heterocycles. The zero-order valence-electron chi connectivity index (χ0n) is 9.28. The second-order valence-electron chi connectivity index (χ2n) is 3.58. The second kappa shape index (κ2) is 5.42. The van der Waals surface area contributed by atoms with Crippen molar-refractivity contribution in [3.63, 3.8) is 0 Å². The molecule has 0 bridgehead atoms. The summed E-state index contributed by atoms with van der Waals surface area (Å²) in [7, 11) is 0. The molecule has 0 radical (unpaired) electrons. The number of nitrogens with one attached hydrogen (secondary N) is 1. The molecule has 92 valence electrons. The third-order valence-corrected chi connectivity index (χ3v) is 3.13. The summed E-state index contributed by atoms with van der Waals surface area (Å²) in [6, 6.07) is 12.5. The molecule has 0 saturated carbocycles. The van der Waals surface area contributed by atoms with Crippen LogP contribution in [0.15, 0.2) is 46.9 Å². The van der Waals surface area contributed by atoms with Gasteiger partial charge < -0.3 is 10.5 Å². The predicted molar refractivity (Wildman–Crippen MR) is 76.7 cm³/mol. The van der Waals surface area contributed by atoms with Crippen LogP contribution in [0, 0.1) is 5.41 Å². The summed E-state index contributed by atoms with van der Waals surface area (Å²) in [4.78, 5) is 0. The van der Waals surface area contributed by atoms with E-state index in [1.165, 1.54) is 0 Å². The highest BCUT2D eigenvalue weighted by atomic mass is 79.9. The van der Waals surface area contributed by atoms with Gasteiger partial charge in [0.25, 0.3) is 0 Å². The molecule has 2 aromatic rings. The summed E-state index contributed by atoms with van der Waals surface area (Å²) in [6.07, 6.45) is 0. The average Bonchev–Trinajstić information content (AvgIpc) is 2.32. The normalized spacial score (nSPS) is 10.1. The van der Waals surface area contributed by atoms with Crippen LogP contribution in [-0.2, 0) is 0 Å². The third kappa shape index (κ3) is 2.83. The summed E-state index contributed by atoms with van der Waals surface area (Å²) in [5, 5.41) is 7.92. The molecule has 3 N–H and O–H groups in total. The standard InChI is InChI=1S/C13H10BrClN2O/c14-8-4-6-9(7-5-8)18-11-3-1-2-10(15)12(11)13(16)17/h1-7H,(H3,16,17). The van der Waals surface area contributed by atoms with Gasteiger partial charge in [0.15, 0.2) is 0 Å². The van der Waals surface area contributed by atoms with Gasteiger partial charge in [-0.05, 0) is 36.4 Å². The van der Waals surface area contributed by atoms with Gasteiger partial charge >= 0.3 is 0 Å². The maximum absolute atomic E-state index is 7.52. The van der Waals surface area contributed by atoms with Crippen molar-refractivity contribution < 1.29 is 4.74 Å². The number of ether oxygens (including phenoxy) is 1. The lowest BCUT2D eigenvalue weighted by molar-refractivity contribution is 0.481. The van der Waals surface area contributed by atoms with Crippen molar-refractivity contribution in [3.8, 4) is 11.5 Å². The molecule has 0 spiro atoms. The van der Waals surface area contributed by atoms with E-state index < -0.39 is 0 Å². The van der Waals surface area contributed by atoms with Crippen molar-refractivity contribution in [1.82, 2.24) is 0 Å². The first-order valence-electron chi connectivity index (χ1n) is 5.14. The van der Waals surface area contributed by atoms with Crippen LogP contribution in [0.2, 0.25) is 5.02 Å². The van der Waals surface area contributed by atoms with E-state index in [2.05, 4.69) is 15.9 Å². The summed E-state index contributed by atoms with van der Waals surface area (Å²) in [5.74, 6) is 1.01. The van der Waals surface area contributed by atoms with Gasteiger partial charge in [0.05, 0.1) is 10.6 Å². The number of nitrogens with two attached hydrogens (primary N) is 1. The van der Waals surface area contributed by atoms with E-state index in [-0.39, 0.29) is 5.84 Å². The monoisotopic (exact) mass is 324 g/mol. The quantitative estimate of drug-likeness (QED) is 0.657. The molecule has 0 amide bonds. The fourth-order valence-corrected chi connectivity index (χ4v) is 2.01. The van der Waals surface area contributed by atoms with E-state index in [1.807, 2.05) is 24.3 Å². The average molecular weight is 326 g/mol. The first kappa shape index (κ1) is 12.9. The van der Waals surface area contributed by atoms with Gasteiger partial charge in [-0.25, -0.2) is 0 Å². The number of amidine groups is 1. The van der Waals surface area contributed by atoms with Crippen LogP contribution in [0.25, 0.3) is 0 Å². The SMILES string of the molecule is N=C(N)c1c(Cl)cccc1Oc1ccc(Br)cc1. The molecule has 0 aliphatic heterocycles. The van der Waals surface area contributed by atoms with E-state index in [0.29, 0.717) is 22.1 Å². The minimum Gasteiger partial charge on any atom is -0.457 e. The number of halogens is 2. The predicted octanol–water partition coefficient (Wildman–Crippen LogP) is 4.18. The molecule has 0 unspecified atom stereocenters. The molecule has 0 aliphatic carbocycles. The molecule has 0 heterocycles. The fourth-order valence-electron chi connectivity index (χ4n) is 1.48. The van der Waals surface area contributed by atoms with Crippen LogP contribution in [0.3, 0.4) is 0 Å². The van der Waals surface area contributed by atoms with Crippen LogP contribution in [0.1, 0.15) is 5.56 Å². The summed E-state index contributed by atoms with van der Waals surface area (Å²) in [6.45, 7) is 0. The highest BCUT2D eigenvalue weighted by Gasteiger charge is 2.11. The fraction of sp³-hybridized carbons (Fsp3) is 0. The van der Waals surface area contributed by atoms with Crippen molar-refractivity contribution in [3.05, 3.63) is 57.5 Å². The van der Waals surface area contributed by atoms with Gasteiger partial charge in [0, 0.05) is 4.47 Å². The highest BCUT2D eigenvalue weighted by molar-refractivity contribution is 9.10. The molecule has 0 fully saturated rings. The van der Waals surface area contributed by atoms with E-state index >= 15 is 0 Å². The van der Waals surface area contributed by atoms with Crippen molar-refractivity contribution in [1.29, 1.82) is 5.41 Å². The van der Waals surface area contributed by atoms with E-state index in [9.17, 15) is 0 Å². The van der Waals surface area contributed by atoms with Crippen LogP contribution in [0.5, 0.6) is 11.5 Å². The summed E-state index contributed by atoms with van der Waals surface area (Å²) < 4.78 is 6.65. The largest absolute Gasteiger partial charge is 0.457 e. The lowest BCUT2D eigenvalue weighted by atomic mass is 10.2. The van der Waals surface area contributed by atoms with Gasteiger partial charge in [-0.15, -0.1) is 0 Å². The Morgan fingerprint density at radius 2 is 1.83 bits per heavy atom. The van der Waals surface area contributed by atoms with Gasteiger partial charge in [-0.3, -0.25) is 5.41 Å². The first-order valence-corrected chi connectivity index (χ1v) is 6.31. The number of benzene rings is 2. The zero-order valence-corrected chi connectivity index (χ0v) is 11.6. The second-order valence-corrected chi connectivity index (χ2v) is 4.91. The van der Waals surface area contributed by atoms with E-state index in [0.717, 1.165) is 4.47 Å². The van der Waals surface area contributed by atoms with Crippen LogP contribution in [-0.4, -0.2) is 5.84 Å². The third-order valence-electron chi connectivity index (χ3n) is 2.29. The molecule has 5 heteroatoms.